The third-order valence-electron chi connectivity index (χ3n) is 2.04. The molecule has 1 rings (SSSR count). The van der Waals surface area contributed by atoms with Crippen LogP contribution in [0.2, 0.25) is 0 Å². The SMILES string of the molecule is COCC(C)(O)c1cnccc1C. The van der Waals surface area contributed by atoms with E-state index in [0.29, 0.717) is 0 Å². The Kier molecular flexibility index (Phi) is 3.01. The number of ether oxygens (including phenoxy) is 1. The van der Waals surface area contributed by atoms with Gasteiger partial charge >= 0.3 is 0 Å². The van der Waals surface area contributed by atoms with Crippen LogP contribution in [0.3, 0.4) is 0 Å². The molecular formula is C10H15NO2. The summed E-state index contributed by atoms with van der Waals surface area (Å²) in [5.74, 6) is 0. The van der Waals surface area contributed by atoms with Gasteiger partial charge in [-0.05, 0) is 25.5 Å². The van der Waals surface area contributed by atoms with Gasteiger partial charge in [0.25, 0.3) is 0 Å². The lowest BCUT2D eigenvalue weighted by molar-refractivity contribution is -0.0214. The van der Waals surface area contributed by atoms with Crippen LogP contribution >= 0.6 is 0 Å². The molecule has 0 saturated carbocycles. The zero-order valence-corrected chi connectivity index (χ0v) is 8.24. The van der Waals surface area contributed by atoms with Crippen molar-refractivity contribution < 1.29 is 9.84 Å². The first kappa shape index (κ1) is 10.2. The van der Waals surface area contributed by atoms with Gasteiger partial charge in [0.15, 0.2) is 0 Å². The van der Waals surface area contributed by atoms with Gasteiger partial charge in [0.1, 0.15) is 5.60 Å². The fraction of sp³-hybridized carbons (Fsp3) is 0.500. The molecule has 0 fully saturated rings. The molecule has 1 atom stereocenters. The van der Waals surface area contributed by atoms with Crippen LogP contribution in [-0.2, 0) is 10.3 Å². The second kappa shape index (κ2) is 3.85. The molecule has 3 nitrogen and oxygen atoms in total. The molecule has 13 heavy (non-hydrogen) atoms. The van der Waals surface area contributed by atoms with Gasteiger partial charge in [-0.1, -0.05) is 0 Å². The highest BCUT2D eigenvalue weighted by molar-refractivity contribution is 5.27. The average Bonchev–Trinajstić information content (AvgIpc) is 2.04. The lowest BCUT2D eigenvalue weighted by Gasteiger charge is -2.23. The molecule has 0 amide bonds. The number of aryl methyl sites for hydroxylation is 1. The Morgan fingerprint density at radius 3 is 2.85 bits per heavy atom. The summed E-state index contributed by atoms with van der Waals surface area (Å²) in [6.07, 6.45) is 3.38. The van der Waals surface area contributed by atoms with Gasteiger partial charge in [-0.25, -0.2) is 0 Å². The smallest absolute Gasteiger partial charge is 0.112 e. The summed E-state index contributed by atoms with van der Waals surface area (Å²) in [5, 5.41) is 10.0. The van der Waals surface area contributed by atoms with Crippen molar-refractivity contribution in [2.75, 3.05) is 13.7 Å². The molecule has 0 aliphatic carbocycles. The van der Waals surface area contributed by atoms with Crippen molar-refractivity contribution in [2.24, 2.45) is 0 Å². The maximum Gasteiger partial charge on any atom is 0.112 e. The molecule has 0 bridgehead atoms. The molecule has 0 aromatic carbocycles. The number of aromatic nitrogens is 1. The number of hydrogen-bond acceptors (Lipinski definition) is 3. The van der Waals surface area contributed by atoms with Crippen LogP contribution in [0, 0.1) is 6.92 Å². The van der Waals surface area contributed by atoms with Gasteiger partial charge in [-0.2, -0.15) is 0 Å². The van der Waals surface area contributed by atoms with E-state index < -0.39 is 5.60 Å². The Morgan fingerprint density at radius 2 is 2.31 bits per heavy atom. The van der Waals surface area contributed by atoms with E-state index in [1.807, 2.05) is 13.0 Å². The summed E-state index contributed by atoms with van der Waals surface area (Å²) in [6, 6.07) is 1.87. The van der Waals surface area contributed by atoms with E-state index in [0.717, 1.165) is 11.1 Å². The van der Waals surface area contributed by atoms with Gasteiger partial charge in [-0.15, -0.1) is 0 Å². The average molecular weight is 181 g/mol. The molecule has 0 saturated heterocycles. The van der Waals surface area contributed by atoms with Crippen molar-refractivity contribution in [3.8, 4) is 0 Å². The number of rotatable bonds is 3. The van der Waals surface area contributed by atoms with Crippen LogP contribution in [0.4, 0.5) is 0 Å². The van der Waals surface area contributed by atoms with Crippen LogP contribution in [0.5, 0.6) is 0 Å². The second-order valence-electron chi connectivity index (χ2n) is 3.40. The molecular weight excluding hydrogens is 166 g/mol. The quantitative estimate of drug-likeness (QED) is 0.763. The zero-order valence-electron chi connectivity index (χ0n) is 8.24. The molecule has 1 unspecified atom stereocenters. The first-order chi connectivity index (χ1) is 6.08. The predicted octanol–water partition coefficient (Wildman–Crippen LogP) is 1.24. The first-order valence-corrected chi connectivity index (χ1v) is 4.20. The van der Waals surface area contributed by atoms with E-state index in [1.54, 1.807) is 26.4 Å². The third kappa shape index (κ3) is 2.26. The van der Waals surface area contributed by atoms with Crippen molar-refractivity contribution in [1.29, 1.82) is 0 Å². The van der Waals surface area contributed by atoms with Crippen molar-refractivity contribution in [3.05, 3.63) is 29.6 Å². The van der Waals surface area contributed by atoms with Gasteiger partial charge in [-0.3, -0.25) is 4.98 Å². The molecule has 1 heterocycles. The standard InChI is InChI=1S/C10H15NO2/c1-8-4-5-11-6-9(8)10(2,12)7-13-3/h4-6,12H,7H2,1-3H3. The number of hydrogen-bond donors (Lipinski definition) is 1. The maximum absolute atomic E-state index is 10.0. The Labute approximate surface area is 78.4 Å². The van der Waals surface area contributed by atoms with Gasteiger partial charge in [0, 0.05) is 25.1 Å². The number of methoxy groups -OCH3 is 1. The number of aliphatic hydroxyl groups is 1. The van der Waals surface area contributed by atoms with E-state index in [-0.39, 0.29) is 6.61 Å². The van der Waals surface area contributed by atoms with Crippen LogP contribution in [0.1, 0.15) is 18.1 Å². The van der Waals surface area contributed by atoms with Gasteiger partial charge in [0.2, 0.25) is 0 Å². The Hall–Kier alpha value is -0.930. The molecule has 1 aromatic rings. The molecule has 3 heteroatoms. The molecule has 0 spiro atoms. The fourth-order valence-electron chi connectivity index (χ4n) is 1.39. The Morgan fingerprint density at radius 1 is 1.62 bits per heavy atom. The molecule has 0 aliphatic rings. The normalized spacial score (nSPS) is 15.4. The van der Waals surface area contributed by atoms with E-state index in [4.69, 9.17) is 4.74 Å². The van der Waals surface area contributed by atoms with Crippen LogP contribution in [-0.4, -0.2) is 23.8 Å². The predicted molar refractivity (Wildman–Crippen MR) is 50.4 cm³/mol. The molecule has 1 N–H and O–H groups in total. The summed E-state index contributed by atoms with van der Waals surface area (Å²) in [5.41, 5.74) is 0.890. The minimum absolute atomic E-state index is 0.277. The molecule has 0 aliphatic heterocycles. The lowest BCUT2D eigenvalue weighted by Crippen LogP contribution is -2.28. The largest absolute Gasteiger partial charge is 0.383 e. The van der Waals surface area contributed by atoms with Crippen molar-refractivity contribution in [1.82, 2.24) is 4.98 Å². The summed E-state index contributed by atoms with van der Waals surface area (Å²) in [4.78, 5) is 3.98. The summed E-state index contributed by atoms with van der Waals surface area (Å²) in [6.45, 7) is 3.95. The highest BCUT2D eigenvalue weighted by Crippen LogP contribution is 2.22. The zero-order chi connectivity index (χ0) is 9.90. The second-order valence-corrected chi connectivity index (χ2v) is 3.40. The van der Waals surface area contributed by atoms with E-state index in [9.17, 15) is 5.11 Å². The van der Waals surface area contributed by atoms with E-state index in [2.05, 4.69) is 4.98 Å². The monoisotopic (exact) mass is 181 g/mol. The number of pyridine rings is 1. The summed E-state index contributed by atoms with van der Waals surface area (Å²) >= 11 is 0. The van der Waals surface area contributed by atoms with E-state index >= 15 is 0 Å². The van der Waals surface area contributed by atoms with Gasteiger partial charge in [0.05, 0.1) is 6.61 Å². The highest BCUT2D eigenvalue weighted by atomic mass is 16.5. The van der Waals surface area contributed by atoms with Crippen molar-refractivity contribution >= 4 is 0 Å². The Balaban J connectivity index is 2.99. The molecule has 0 radical (unpaired) electrons. The van der Waals surface area contributed by atoms with Crippen LogP contribution in [0.15, 0.2) is 18.5 Å². The minimum atomic E-state index is -0.951. The first-order valence-electron chi connectivity index (χ1n) is 4.20. The van der Waals surface area contributed by atoms with Crippen LogP contribution < -0.4 is 0 Å². The van der Waals surface area contributed by atoms with Crippen molar-refractivity contribution in [2.45, 2.75) is 19.4 Å². The van der Waals surface area contributed by atoms with Crippen molar-refractivity contribution in [3.63, 3.8) is 0 Å². The topological polar surface area (TPSA) is 42.4 Å². The van der Waals surface area contributed by atoms with Gasteiger partial charge < -0.3 is 9.84 Å². The summed E-state index contributed by atoms with van der Waals surface area (Å²) < 4.78 is 4.94. The molecule has 1 aromatic heterocycles. The summed E-state index contributed by atoms with van der Waals surface area (Å²) in [7, 11) is 1.57. The van der Waals surface area contributed by atoms with Crippen LogP contribution in [0.25, 0.3) is 0 Å². The lowest BCUT2D eigenvalue weighted by atomic mass is 9.95. The maximum atomic E-state index is 10.0. The third-order valence-corrected chi connectivity index (χ3v) is 2.04. The molecule has 72 valence electrons. The fourth-order valence-corrected chi connectivity index (χ4v) is 1.39. The Bertz CT molecular complexity index is 284. The highest BCUT2D eigenvalue weighted by Gasteiger charge is 2.24. The van der Waals surface area contributed by atoms with E-state index in [1.165, 1.54) is 0 Å². The number of nitrogens with zero attached hydrogens (tertiary/aromatic N) is 1. The minimum Gasteiger partial charge on any atom is -0.383 e.